The van der Waals surface area contributed by atoms with Crippen molar-refractivity contribution in [3.8, 4) is 0 Å². The molecule has 2 saturated heterocycles. The van der Waals surface area contributed by atoms with E-state index in [4.69, 9.17) is 0 Å². The van der Waals surface area contributed by atoms with Gasteiger partial charge in [-0.25, -0.2) is 4.98 Å². The van der Waals surface area contributed by atoms with Crippen LogP contribution < -0.4 is 20.4 Å². The van der Waals surface area contributed by atoms with Crippen LogP contribution in [0.5, 0.6) is 0 Å². The number of nitrogens with zero attached hydrogens (tertiary/aromatic N) is 5. The zero-order valence-electron chi connectivity index (χ0n) is 25.2. The highest BCUT2D eigenvalue weighted by molar-refractivity contribution is 6.06. The van der Waals surface area contributed by atoms with E-state index in [-0.39, 0.29) is 23.2 Å². The third-order valence-corrected chi connectivity index (χ3v) is 8.58. The molecule has 2 aromatic carbocycles. The zero-order chi connectivity index (χ0) is 29.6. The number of amides is 2. The maximum Gasteiger partial charge on any atom is 0.274 e. The third-order valence-electron chi connectivity index (χ3n) is 8.58. The molecule has 2 amide bonds. The van der Waals surface area contributed by atoms with Gasteiger partial charge in [0, 0.05) is 61.0 Å². The number of nitrogens with one attached hydrogen (secondary N) is 2. The lowest BCUT2D eigenvalue weighted by Gasteiger charge is -2.36. The maximum absolute atomic E-state index is 13.0. The van der Waals surface area contributed by atoms with E-state index in [1.165, 1.54) is 0 Å². The smallest absolute Gasteiger partial charge is 0.274 e. The number of carbonyl (C=O) groups excluding carboxylic acids is 2. The molecule has 9 nitrogen and oxygen atoms in total. The van der Waals surface area contributed by atoms with Crippen LogP contribution in [0, 0.1) is 0 Å². The molecule has 0 atom stereocenters. The van der Waals surface area contributed by atoms with Gasteiger partial charge in [0.25, 0.3) is 11.8 Å². The van der Waals surface area contributed by atoms with Gasteiger partial charge in [-0.15, -0.1) is 0 Å². The van der Waals surface area contributed by atoms with Crippen molar-refractivity contribution in [1.29, 1.82) is 0 Å². The minimum atomic E-state index is -0.355. The summed E-state index contributed by atoms with van der Waals surface area (Å²) in [6.07, 6.45) is 4.57. The molecule has 0 radical (unpaired) electrons. The molecule has 2 N–H and O–H groups in total. The summed E-state index contributed by atoms with van der Waals surface area (Å²) in [7, 11) is 8.57. The van der Waals surface area contributed by atoms with Crippen LogP contribution in [0.2, 0.25) is 0 Å². The van der Waals surface area contributed by atoms with E-state index in [2.05, 4.69) is 63.4 Å². The second-order valence-corrected chi connectivity index (χ2v) is 11.8. The maximum atomic E-state index is 13.0. The number of pyridine rings is 1. The standard InChI is InChI=1S/C33H43N7O2/c1-37(2)26-16-20-39(21-17-26)28-12-8-24(9-13-28)34-32(41)30-6-5-7-31(36-30)33(42)35-25-10-14-29(15-11-25)40-22-18-27(19-23-40)38(3)4/h5-15,26-27H,16-23H2,1-4H3,(H,34,41)(H,35,42). The fourth-order valence-electron chi connectivity index (χ4n) is 5.87. The van der Waals surface area contributed by atoms with Gasteiger partial charge in [-0.05, 0) is 115 Å². The quantitative estimate of drug-likeness (QED) is 0.409. The molecule has 0 bridgehead atoms. The molecule has 222 valence electrons. The Morgan fingerprint density at radius 3 is 1.31 bits per heavy atom. The van der Waals surface area contributed by atoms with Gasteiger partial charge in [-0.2, -0.15) is 0 Å². The van der Waals surface area contributed by atoms with Gasteiger partial charge in [-0.1, -0.05) is 6.07 Å². The Morgan fingerprint density at radius 2 is 0.976 bits per heavy atom. The molecule has 2 aliphatic heterocycles. The van der Waals surface area contributed by atoms with Crippen molar-refractivity contribution >= 4 is 34.6 Å². The summed E-state index contributed by atoms with van der Waals surface area (Å²) in [5, 5.41) is 5.81. The van der Waals surface area contributed by atoms with Crippen molar-refractivity contribution in [3.05, 3.63) is 78.1 Å². The molecule has 0 unspecified atom stereocenters. The Balaban J connectivity index is 1.14. The minimum Gasteiger partial charge on any atom is -0.371 e. The van der Waals surface area contributed by atoms with Gasteiger partial charge < -0.3 is 30.2 Å². The first kappa shape index (κ1) is 29.5. The van der Waals surface area contributed by atoms with Crippen LogP contribution in [0.25, 0.3) is 0 Å². The monoisotopic (exact) mass is 569 g/mol. The largest absolute Gasteiger partial charge is 0.371 e. The average molecular weight is 570 g/mol. The van der Waals surface area contributed by atoms with Gasteiger partial charge in [-0.3, -0.25) is 9.59 Å². The van der Waals surface area contributed by atoms with Gasteiger partial charge in [0.15, 0.2) is 0 Å². The Kier molecular flexibility index (Phi) is 9.39. The number of piperidine rings is 2. The lowest BCUT2D eigenvalue weighted by atomic mass is 10.0. The Labute approximate surface area is 249 Å². The summed E-state index contributed by atoms with van der Waals surface area (Å²) in [4.78, 5) is 39.6. The predicted molar refractivity (Wildman–Crippen MR) is 171 cm³/mol. The van der Waals surface area contributed by atoms with Crippen LogP contribution >= 0.6 is 0 Å². The van der Waals surface area contributed by atoms with E-state index < -0.39 is 0 Å². The Morgan fingerprint density at radius 1 is 0.619 bits per heavy atom. The topological polar surface area (TPSA) is 84.0 Å². The molecule has 42 heavy (non-hydrogen) atoms. The molecule has 9 heteroatoms. The first-order valence-corrected chi connectivity index (χ1v) is 14.9. The van der Waals surface area contributed by atoms with E-state index in [1.807, 2.05) is 48.5 Å². The van der Waals surface area contributed by atoms with Crippen LogP contribution in [0.3, 0.4) is 0 Å². The molecule has 3 heterocycles. The molecule has 2 fully saturated rings. The van der Waals surface area contributed by atoms with Crippen molar-refractivity contribution in [3.63, 3.8) is 0 Å². The summed E-state index contributed by atoms with van der Waals surface area (Å²) >= 11 is 0. The molecule has 0 spiro atoms. The molecule has 3 aromatic rings. The van der Waals surface area contributed by atoms with E-state index >= 15 is 0 Å². The summed E-state index contributed by atoms with van der Waals surface area (Å²) in [6.45, 7) is 4.08. The highest BCUT2D eigenvalue weighted by atomic mass is 16.2. The second-order valence-electron chi connectivity index (χ2n) is 11.8. The number of benzene rings is 2. The minimum absolute atomic E-state index is 0.189. The summed E-state index contributed by atoms with van der Waals surface area (Å²) in [5.74, 6) is -0.710. The van der Waals surface area contributed by atoms with Crippen molar-refractivity contribution in [2.45, 2.75) is 37.8 Å². The molecule has 0 aliphatic carbocycles. The normalized spacial score (nSPS) is 16.6. The number of hydrogen-bond donors (Lipinski definition) is 2. The van der Waals surface area contributed by atoms with E-state index in [0.717, 1.165) is 63.2 Å². The number of hydrogen-bond acceptors (Lipinski definition) is 7. The summed E-state index contributed by atoms with van der Waals surface area (Å²) in [5.41, 5.74) is 4.07. The van der Waals surface area contributed by atoms with Gasteiger partial charge in [0.2, 0.25) is 0 Å². The van der Waals surface area contributed by atoms with Crippen LogP contribution in [-0.4, -0.2) is 93.1 Å². The third kappa shape index (κ3) is 7.27. The lowest BCUT2D eigenvalue weighted by molar-refractivity contribution is 0.101. The Hall–Kier alpha value is -3.95. The summed E-state index contributed by atoms with van der Waals surface area (Å²) in [6, 6.07) is 22.0. The van der Waals surface area contributed by atoms with Crippen LogP contribution in [0.1, 0.15) is 46.7 Å². The molecule has 1 aromatic heterocycles. The SMILES string of the molecule is CN(C)C1CCN(c2ccc(NC(=O)c3cccc(C(=O)Nc4ccc(N5CCC(N(C)C)CC5)cc4)n3)cc2)CC1. The lowest BCUT2D eigenvalue weighted by Crippen LogP contribution is -2.41. The van der Waals surface area contributed by atoms with Crippen molar-refractivity contribution in [2.24, 2.45) is 0 Å². The fourth-order valence-corrected chi connectivity index (χ4v) is 5.87. The van der Waals surface area contributed by atoms with Crippen LogP contribution in [-0.2, 0) is 0 Å². The molecular weight excluding hydrogens is 526 g/mol. The first-order chi connectivity index (χ1) is 20.3. The average Bonchev–Trinajstić information content (AvgIpc) is 3.02. The van der Waals surface area contributed by atoms with Gasteiger partial charge in [0.1, 0.15) is 11.4 Å². The number of anilines is 4. The van der Waals surface area contributed by atoms with Crippen LogP contribution in [0.15, 0.2) is 66.7 Å². The first-order valence-electron chi connectivity index (χ1n) is 14.9. The molecular formula is C33H43N7O2. The van der Waals surface area contributed by atoms with Gasteiger partial charge >= 0.3 is 0 Å². The Bertz CT molecular complexity index is 1240. The van der Waals surface area contributed by atoms with E-state index in [1.54, 1.807) is 18.2 Å². The zero-order valence-corrected chi connectivity index (χ0v) is 25.2. The predicted octanol–water partition coefficient (Wildman–Crippen LogP) is 4.65. The molecule has 2 aliphatic rings. The summed E-state index contributed by atoms with van der Waals surface area (Å²) < 4.78 is 0. The van der Waals surface area contributed by atoms with Crippen molar-refractivity contribution in [2.75, 3.05) is 74.8 Å². The molecule has 0 saturated carbocycles. The number of carbonyl (C=O) groups is 2. The van der Waals surface area contributed by atoms with Gasteiger partial charge in [0.05, 0.1) is 0 Å². The fraction of sp³-hybridized carbons (Fsp3) is 0.424. The molecule has 5 rings (SSSR count). The number of aromatic nitrogens is 1. The number of rotatable bonds is 8. The van der Waals surface area contributed by atoms with Crippen molar-refractivity contribution < 1.29 is 9.59 Å². The second kappa shape index (κ2) is 13.4. The van der Waals surface area contributed by atoms with E-state index in [9.17, 15) is 9.59 Å². The van der Waals surface area contributed by atoms with Crippen molar-refractivity contribution in [1.82, 2.24) is 14.8 Å². The van der Waals surface area contributed by atoms with Crippen LogP contribution in [0.4, 0.5) is 22.7 Å². The highest BCUT2D eigenvalue weighted by Gasteiger charge is 2.22. The van der Waals surface area contributed by atoms with E-state index in [0.29, 0.717) is 23.5 Å². The highest BCUT2D eigenvalue weighted by Crippen LogP contribution is 2.25.